The molecule has 1 N–H and O–H groups in total. The Morgan fingerprint density at radius 2 is 1.90 bits per heavy atom. The topological polar surface area (TPSA) is 101 Å². The van der Waals surface area contributed by atoms with E-state index in [0.717, 1.165) is 6.42 Å². The Morgan fingerprint density at radius 1 is 1.21 bits per heavy atom. The van der Waals surface area contributed by atoms with Gasteiger partial charge >= 0.3 is 12.3 Å². The van der Waals surface area contributed by atoms with Gasteiger partial charge in [0.1, 0.15) is 16.1 Å². The summed E-state index contributed by atoms with van der Waals surface area (Å²) in [4.78, 5) is 25.0. The molecule has 0 spiro atoms. The number of oxazole rings is 1. The molecule has 3 aliphatic rings. The highest BCUT2D eigenvalue weighted by Gasteiger charge is 2.50. The summed E-state index contributed by atoms with van der Waals surface area (Å²) < 4.78 is 59.5. The Hall–Kier alpha value is -2.90. The summed E-state index contributed by atoms with van der Waals surface area (Å²) in [6.07, 6.45) is -5.07. The fraction of sp³-hybridized carbons (Fsp3) is 0.577. The monoisotopic (exact) mass is 568 g/mol. The van der Waals surface area contributed by atoms with Gasteiger partial charge in [-0.15, -0.1) is 11.3 Å². The third-order valence-corrected chi connectivity index (χ3v) is 7.28. The first kappa shape index (κ1) is 27.7. The first-order valence-electron chi connectivity index (χ1n) is 12.6. The third kappa shape index (κ3) is 5.71. The number of nitrogens with zero attached hydrogens (tertiary/aromatic N) is 4. The standard InChI is InChI=1S/C26H31F3N4O5S/c1-24(2,3)38-23(34)33-14-10-15(33)12-32(11-14)22-31-18-16(20(26(27,28)29)36-13-25(4,5)35)6-7-17(19(18)37-22)21-30-8-9-39-21/h6-9,14-15,20,35H,10-13H2,1-5H3. The molecule has 0 saturated carbocycles. The summed E-state index contributed by atoms with van der Waals surface area (Å²) in [5.41, 5.74) is -1.60. The van der Waals surface area contributed by atoms with E-state index in [1.54, 1.807) is 16.5 Å². The number of aliphatic hydroxyl groups is 1. The summed E-state index contributed by atoms with van der Waals surface area (Å²) in [5, 5.41) is 12.4. The first-order valence-corrected chi connectivity index (χ1v) is 13.5. The van der Waals surface area contributed by atoms with Gasteiger partial charge in [-0.05, 0) is 47.1 Å². The van der Waals surface area contributed by atoms with Crippen LogP contribution < -0.4 is 4.90 Å². The van der Waals surface area contributed by atoms with Crippen molar-refractivity contribution in [3.05, 3.63) is 29.3 Å². The van der Waals surface area contributed by atoms with Crippen molar-refractivity contribution >= 4 is 34.5 Å². The van der Waals surface area contributed by atoms with E-state index in [-0.39, 0.29) is 40.9 Å². The number of fused-ring (bicyclic) bond motifs is 3. The number of amides is 1. The van der Waals surface area contributed by atoms with Gasteiger partial charge in [-0.25, -0.2) is 9.78 Å². The van der Waals surface area contributed by atoms with Crippen LogP contribution in [0.5, 0.6) is 0 Å². The molecule has 3 unspecified atom stereocenters. The Kier molecular flexibility index (Phi) is 6.83. The number of anilines is 1. The lowest BCUT2D eigenvalue weighted by Crippen LogP contribution is -2.70. The van der Waals surface area contributed by atoms with Crippen molar-refractivity contribution in [3.63, 3.8) is 0 Å². The normalized spacial score (nSPS) is 20.7. The second kappa shape index (κ2) is 9.63. The number of alkyl halides is 3. The number of aromatic nitrogens is 2. The number of thiazole rings is 1. The molecule has 13 heteroatoms. The van der Waals surface area contributed by atoms with Crippen LogP contribution in [-0.2, 0) is 9.47 Å². The maximum Gasteiger partial charge on any atom is 0.418 e. The van der Waals surface area contributed by atoms with Crippen LogP contribution >= 0.6 is 11.3 Å². The molecule has 212 valence electrons. The molecule has 1 amide bonds. The van der Waals surface area contributed by atoms with Crippen molar-refractivity contribution in [2.45, 2.75) is 76.6 Å². The minimum atomic E-state index is -4.76. The average Bonchev–Trinajstić information content (AvgIpc) is 3.47. The maximum absolute atomic E-state index is 14.2. The number of benzene rings is 1. The zero-order chi connectivity index (χ0) is 28.3. The lowest BCUT2D eigenvalue weighted by atomic mass is 9.88. The van der Waals surface area contributed by atoms with E-state index in [2.05, 4.69) is 9.97 Å². The highest BCUT2D eigenvalue weighted by molar-refractivity contribution is 7.13. The summed E-state index contributed by atoms with van der Waals surface area (Å²) in [7, 11) is 0. The van der Waals surface area contributed by atoms with Crippen molar-refractivity contribution in [1.29, 1.82) is 0 Å². The van der Waals surface area contributed by atoms with Gasteiger partial charge < -0.3 is 23.9 Å². The highest BCUT2D eigenvalue weighted by atomic mass is 32.1. The molecule has 9 nitrogen and oxygen atoms in total. The molecule has 3 aromatic rings. The summed E-state index contributed by atoms with van der Waals surface area (Å²) in [6, 6.07) is 2.77. The predicted molar refractivity (Wildman–Crippen MR) is 139 cm³/mol. The van der Waals surface area contributed by atoms with Gasteiger partial charge in [0, 0.05) is 30.2 Å². The van der Waals surface area contributed by atoms with Crippen molar-refractivity contribution in [2.24, 2.45) is 0 Å². The third-order valence-electron chi connectivity index (χ3n) is 6.48. The maximum atomic E-state index is 14.2. The lowest BCUT2D eigenvalue weighted by Gasteiger charge is -2.55. The lowest BCUT2D eigenvalue weighted by molar-refractivity contribution is -0.233. The van der Waals surface area contributed by atoms with E-state index in [4.69, 9.17) is 13.9 Å². The molecule has 2 bridgehead atoms. The molecule has 39 heavy (non-hydrogen) atoms. The highest BCUT2D eigenvalue weighted by Crippen LogP contribution is 2.44. The van der Waals surface area contributed by atoms with Crippen LogP contribution in [0.25, 0.3) is 21.7 Å². The quantitative estimate of drug-likeness (QED) is 0.414. The van der Waals surface area contributed by atoms with Gasteiger partial charge in [0.25, 0.3) is 6.01 Å². The van der Waals surface area contributed by atoms with Crippen LogP contribution in [0.4, 0.5) is 24.0 Å². The first-order chi connectivity index (χ1) is 18.1. The fourth-order valence-electron chi connectivity index (χ4n) is 4.91. The molecule has 6 rings (SSSR count). The zero-order valence-corrected chi connectivity index (χ0v) is 23.1. The number of piperidine rings is 1. The van der Waals surface area contributed by atoms with Crippen LogP contribution in [0, 0.1) is 0 Å². The largest absolute Gasteiger partial charge is 0.444 e. The van der Waals surface area contributed by atoms with Crippen molar-refractivity contribution < 1.29 is 37.0 Å². The molecular weight excluding hydrogens is 537 g/mol. The minimum Gasteiger partial charge on any atom is -0.444 e. The molecular formula is C26H31F3N4O5S. The smallest absolute Gasteiger partial charge is 0.418 e. The van der Waals surface area contributed by atoms with E-state index in [9.17, 15) is 23.1 Å². The molecule has 3 saturated heterocycles. The van der Waals surface area contributed by atoms with Crippen LogP contribution in [0.15, 0.2) is 28.1 Å². The number of rotatable bonds is 6. The van der Waals surface area contributed by atoms with E-state index in [1.165, 1.54) is 37.3 Å². The SMILES string of the molecule is CC(C)(O)COC(c1ccc(-c2nccs2)c2oc(N3CC4CC(C3)N4C(=O)OC(C)(C)C)nc12)C(F)(F)F. The van der Waals surface area contributed by atoms with Crippen molar-refractivity contribution in [1.82, 2.24) is 14.9 Å². The summed E-state index contributed by atoms with van der Waals surface area (Å²) >= 11 is 1.33. The molecule has 3 fully saturated rings. The predicted octanol–water partition coefficient (Wildman–Crippen LogP) is 5.54. The molecule has 0 aliphatic carbocycles. The summed E-state index contributed by atoms with van der Waals surface area (Å²) in [5.74, 6) is 0. The van der Waals surface area contributed by atoms with E-state index in [0.29, 0.717) is 23.7 Å². The summed E-state index contributed by atoms with van der Waals surface area (Å²) in [6.45, 7) is 8.45. The number of carbonyl (C=O) groups is 1. The van der Waals surface area contributed by atoms with Crippen molar-refractivity contribution in [2.75, 3.05) is 24.6 Å². The van der Waals surface area contributed by atoms with E-state index < -0.39 is 30.1 Å². The number of hydrogen-bond acceptors (Lipinski definition) is 9. The van der Waals surface area contributed by atoms with Crippen LogP contribution in [0.1, 0.15) is 52.7 Å². The molecule has 3 atom stereocenters. The van der Waals surface area contributed by atoms with E-state index in [1.807, 2.05) is 25.7 Å². The minimum absolute atomic E-state index is 0.0130. The van der Waals surface area contributed by atoms with Crippen LogP contribution in [-0.4, -0.2) is 75.2 Å². The second-order valence-corrected chi connectivity index (χ2v) is 12.5. The van der Waals surface area contributed by atoms with Gasteiger partial charge in [0.2, 0.25) is 0 Å². The van der Waals surface area contributed by atoms with Gasteiger partial charge in [0.15, 0.2) is 11.7 Å². The van der Waals surface area contributed by atoms with Crippen LogP contribution in [0.2, 0.25) is 0 Å². The fourth-order valence-corrected chi connectivity index (χ4v) is 5.57. The van der Waals surface area contributed by atoms with E-state index >= 15 is 0 Å². The number of carbonyl (C=O) groups excluding carboxylic acids is 1. The molecule has 0 radical (unpaired) electrons. The Morgan fingerprint density at radius 3 is 2.46 bits per heavy atom. The zero-order valence-electron chi connectivity index (χ0n) is 22.3. The molecule has 3 aliphatic heterocycles. The van der Waals surface area contributed by atoms with Crippen molar-refractivity contribution in [3.8, 4) is 10.6 Å². The van der Waals surface area contributed by atoms with Gasteiger partial charge in [-0.3, -0.25) is 4.90 Å². The molecule has 5 heterocycles. The number of hydrogen-bond donors (Lipinski definition) is 1. The Bertz CT molecular complexity index is 1330. The number of ether oxygens (including phenoxy) is 2. The van der Waals surface area contributed by atoms with Gasteiger partial charge in [-0.1, -0.05) is 6.07 Å². The molecule has 1 aromatic carbocycles. The van der Waals surface area contributed by atoms with Gasteiger partial charge in [-0.2, -0.15) is 18.2 Å². The second-order valence-electron chi connectivity index (χ2n) is 11.6. The average molecular weight is 569 g/mol. The Labute approximate surface area is 227 Å². The number of piperazine rings is 1. The number of halogens is 3. The van der Waals surface area contributed by atoms with Crippen LogP contribution in [0.3, 0.4) is 0 Å². The molecule has 2 aromatic heterocycles. The Balaban J connectivity index is 1.50. The van der Waals surface area contributed by atoms with Gasteiger partial charge in [0.05, 0.1) is 29.9 Å².